The Kier molecular flexibility index (Phi) is 7.20. The Morgan fingerprint density at radius 2 is 1.46 bits per heavy atom. The second kappa shape index (κ2) is 9.59. The van der Waals surface area contributed by atoms with Crippen LogP contribution in [0.3, 0.4) is 0 Å². The summed E-state index contributed by atoms with van der Waals surface area (Å²) in [6.07, 6.45) is 0. The van der Waals surface area contributed by atoms with Crippen molar-refractivity contribution >= 4 is 23.7 Å². The Labute approximate surface area is 162 Å². The number of furan rings is 1. The van der Waals surface area contributed by atoms with Crippen molar-refractivity contribution < 1.29 is 33.0 Å². The minimum absolute atomic E-state index is 0.0673. The number of esters is 2. The SMILES string of the molecule is CCOC(=O)c1c(C)oc(NC(=O)c2ccc(OCC)cc2)c1C(=O)OCC. The Morgan fingerprint density at radius 3 is 2.00 bits per heavy atom. The molecule has 1 amide bonds. The van der Waals surface area contributed by atoms with Crippen molar-refractivity contribution in [1.29, 1.82) is 0 Å². The van der Waals surface area contributed by atoms with Crippen LogP contribution in [0.5, 0.6) is 5.75 Å². The van der Waals surface area contributed by atoms with Gasteiger partial charge in [-0.25, -0.2) is 9.59 Å². The van der Waals surface area contributed by atoms with Crippen LogP contribution in [0.15, 0.2) is 28.7 Å². The molecule has 2 rings (SSSR count). The van der Waals surface area contributed by atoms with E-state index in [9.17, 15) is 14.4 Å². The van der Waals surface area contributed by atoms with Gasteiger partial charge < -0.3 is 18.6 Å². The maximum Gasteiger partial charge on any atom is 0.344 e. The lowest BCUT2D eigenvalue weighted by atomic mass is 10.1. The van der Waals surface area contributed by atoms with Gasteiger partial charge >= 0.3 is 11.9 Å². The number of carbonyl (C=O) groups excluding carboxylic acids is 3. The lowest BCUT2D eigenvalue weighted by Gasteiger charge is -2.07. The molecule has 0 spiro atoms. The highest BCUT2D eigenvalue weighted by Crippen LogP contribution is 2.29. The van der Waals surface area contributed by atoms with Gasteiger partial charge in [-0.3, -0.25) is 10.1 Å². The van der Waals surface area contributed by atoms with Gasteiger partial charge in [0, 0.05) is 5.56 Å². The summed E-state index contributed by atoms with van der Waals surface area (Å²) in [7, 11) is 0. The quantitative estimate of drug-likeness (QED) is 0.688. The fourth-order valence-corrected chi connectivity index (χ4v) is 2.52. The van der Waals surface area contributed by atoms with Crippen molar-refractivity contribution in [2.75, 3.05) is 25.1 Å². The highest BCUT2D eigenvalue weighted by molar-refractivity contribution is 6.11. The number of benzene rings is 1. The summed E-state index contributed by atoms with van der Waals surface area (Å²) < 4.78 is 20.8. The van der Waals surface area contributed by atoms with Crippen LogP contribution >= 0.6 is 0 Å². The largest absolute Gasteiger partial charge is 0.494 e. The minimum Gasteiger partial charge on any atom is -0.494 e. The van der Waals surface area contributed by atoms with Gasteiger partial charge in [0.25, 0.3) is 5.91 Å². The van der Waals surface area contributed by atoms with Crippen molar-refractivity contribution in [3.8, 4) is 5.75 Å². The molecule has 0 atom stereocenters. The maximum atomic E-state index is 12.6. The predicted octanol–water partition coefficient (Wildman–Crippen LogP) is 3.59. The zero-order chi connectivity index (χ0) is 20.7. The van der Waals surface area contributed by atoms with Gasteiger partial charge in [-0.05, 0) is 52.0 Å². The van der Waals surface area contributed by atoms with Gasteiger partial charge in [-0.2, -0.15) is 0 Å². The van der Waals surface area contributed by atoms with Crippen molar-refractivity contribution in [2.24, 2.45) is 0 Å². The molecule has 0 aliphatic heterocycles. The lowest BCUT2D eigenvalue weighted by Crippen LogP contribution is -2.17. The fourth-order valence-electron chi connectivity index (χ4n) is 2.52. The summed E-state index contributed by atoms with van der Waals surface area (Å²) in [5.74, 6) is -1.43. The van der Waals surface area contributed by atoms with E-state index in [0.29, 0.717) is 17.9 Å². The maximum absolute atomic E-state index is 12.6. The average molecular weight is 389 g/mol. The predicted molar refractivity (Wildman–Crippen MR) is 101 cm³/mol. The average Bonchev–Trinajstić information content (AvgIpc) is 2.99. The first-order chi connectivity index (χ1) is 13.4. The molecule has 0 aliphatic rings. The first-order valence-corrected chi connectivity index (χ1v) is 8.94. The van der Waals surface area contributed by atoms with Crippen LogP contribution in [0, 0.1) is 6.92 Å². The van der Waals surface area contributed by atoms with E-state index in [1.165, 1.54) is 6.92 Å². The number of carbonyl (C=O) groups is 3. The van der Waals surface area contributed by atoms with Crippen LogP contribution < -0.4 is 10.1 Å². The third kappa shape index (κ3) is 4.70. The fraction of sp³-hybridized carbons (Fsp3) is 0.350. The second-order valence-electron chi connectivity index (χ2n) is 5.59. The second-order valence-corrected chi connectivity index (χ2v) is 5.59. The molecule has 8 nitrogen and oxygen atoms in total. The lowest BCUT2D eigenvalue weighted by molar-refractivity contribution is 0.0480. The van der Waals surface area contributed by atoms with E-state index in [1.807, 2.05) is 6.92 Å². The number of anilines is 1. The number of hydrogen-bond donors (Lipinski definition) is 1. The number of aryl methyl sites for hydroxylation is 1. The highest BCUT2D eigenvalue weighted by atomic mass is 16.5. The van der Waals surface area contributed by atoms with Crippen molar-refractivity contribution in [3.63, 3.8) is 0 Å². The molecule has 28 heavy (non-hydrogen) atoms. The van der Waals surface area contributed by atoms with Gasteiger partial charge in [-0.1, -0.05) is 0 Å². The van der Waals surface area contributed by atoms with E-state index in [-0.39, 0.29) is 36.0 Å². The summed E-state index contributed by atoms with van der Waals surface area (Å²) in [6, 6.07) is 6.46. The number of ether oxygens (including phenoxy) is 3. The minimum atomic E-state index is -0.788. The molecular weight excluding hydrogens is 366 g/mol. The van der Waals surface area contributed by atoms with Crippen LogP contribution in [0.2, 0.25) is 0 Å². The van der Waals surface area contributed by atoms with Crippen molar-refractivity contribution in [1.82, 2.24) is 0 Å². The summed E-state index contributed by atoms with van der Waals surface area (Å²) in [4.78, 5) is 37.2. The van der Waals surface area contributed by atoms with E-state index < -0.39 is 17.8 Å². The monoisotopic (exact) mass is 389 g/mol. The topological polar surface area (TPSA) is 104 Å². The molecule has 1 aromatic heterocycles. The normalized spacial score (nSPS) is 10.3. The van der Waals surface area contributed by atoms with Gasteiger partial charge in [0.05, 0.1) is 19.8 Å². The molecule has 1 heterocycles. The van der Waals surface area contributed by atoms with Gasteiger partial charge in [0.15, 0.2) is 0 Å². The first kappa shape index (κ1) is 21.0. The Bertz CT molecular complexity index is 852. The molecule has 0 radical (unpaired) electrons. The van der Waals surface area contributed by atoms with E-state index in [4.69, 9.17) is 18.6 Å². The summed E-state index contributed by atoms with van der Waals surface area (Å²) >= 11 is 0. The molecule has 2 aromatic rings. The number of hydrogen-bond acceptors (Lipinski definition) is 7. The number of nitrogens with one attached hydrogen (secondary N) is 1. The zero-order valence-corrected chi connectivity index (χ0v) is 16.3. The Morgan fingerprint density at radius 1 is 0.893 bits per heavy atom. The molecule has 0 saturated carbocycles. The first-order valence-electron chi connectivity index (χ1n) is 8.94. The van der Waals surface area contributed by atoms with Crippen LogP contribution in [0.1, 0.15) is 57.6 Å². The van der Waals surface area contributed by atoms with Crippen LogP contribution in [0.4, 0.5) is 5.88 Å². The third-order valence-electron chi connectivity index (χ3n) is 3.70. The van der Waals surface area contributed by atoms with E-state index in [0.717, 1.165) is 0 Å². The molecule has 0 bridgehead atoms. The van der Waals surface area contributed by atoms with E-state index in [2.05, 4.69) is 5.32 Å². The van der Waals surface area contributed by atoms with E-state index >= 15 is 0 Å². The highest BCUT2D eigenvalue weighted by Gasteiger charge is 2.31. The molecule has 1 aromatic carbocycles. The van der Waals surface area contributed by atoms with Crippen LogP contribution in [-0.2, 0) is 9.47 Å². The number of amides is 1. The smallest absolute Gasteiger partial charge is 0.344 e. The van der Waals surface area contributed by atoms with Gasteiger partial charge in [-0.15, -0.1) is 0 Å². The molecule has 150 valence electrons. The molecule has 1 N–H and O–H groups in total. The standard InChI is InChI=1S/C20H23NO7/c1-5-25-14-10-8-13(9-11-14)17(22)21-18-16(20(24)27-7-3)15(12(4)28-18)19(23)26-6-2/h8-11H,5-7H2,1-4H3,(H,21,22). The summed E-state index contributed by atoms with van der Waals surface area (Å²) in [5, 5.41) is 2.52. The third-order valence-corrected chi connectivity index (χ3v) is 3.70. The van der Waals surface area contributed by atoms with Crippen LogP contribution in [-0.4, -0.2) is 37.7 Å². The van der Waals surface area contributed by atoms with Gasteiger partial charge in [0.2, 0.25) is 5.88 Å². The Balaban J connectivity index is 2.35. The molecule has 0 unspecified atom stereocenters. The van der Waals surface area contributed by atoms with Crippen molar-refractivity contribution in [2.45, 2.75) is 27.7 Å². The van der Waals surface area contributed by atoms with Crippen molar-refractivity contribution in [3.05, 3.63) is 46.7 Å². The van der Waals surface area contributed by atoms with E-state index in [1.54, 1.807) is 38.1 Å². The molecule has 0 saturated heterocycles. The van der Waals surface area contributed by atoms with Gasteiger partial charge in [0.1, 0.15) is 22.6 Å². The zero-order valence-electron chi connectivity index (χ0n) is 16.3. The molecular formula is C20H23NO7. The summed E-state index contributed by atoms with van der Waals surface area (Å²) in [5.41, 5.74) is 0.0874. The Hall–Kier alpha value is -3.29. The van der Waals surface area contributed by atoms with Crippen LogP contribution in [0.25, 0.3) is 0 Å². The summed E-state index contributed by atoms with van der Waals surface area (Å²) in [6.45, 7) is 7.37. The number of rotatable bonds is 8. The molecule has 8 heteroatoms. The molecule has 0 aliphatic carbocycles. The molecule has 0 fully saturated rings.